The number of benzene rings is 2. The van der Waals surface area contributed by atoms with Gasteiger partial charge in [0, 0.05) is 34.1 Å². The lowest BCUT2D eigenvalue weighted by molar-refractivity contribution is 0.343. The van der Waals surface area contributed by atoms with Crippen LogP contribution in [0, 0.1) is 6.92 Å². The van der Waals surface area contributed by atoms with Gasteiger partial charge < -0.3 is 9.47 Å². The summed E-state index contributed by atoms with van der Waals surface area (Å²) in [4.78, 5) is 13.2. The highest BCUT2D eigenvalue weighted by molar-refractivity contribution is 7.92. The van der Waals surface area contributed by atoms with Gasteiger partial charge in [-0.3, -0.25) is 4.72 Å². The standard InChI is InChI=1S/C23H22N4O4S/c1-14-19-9-16(17-11-21(30-2)23(31-3)24-12-17)10-20(22(19)26-13-25-14)15-5-7-18(8-6-15)27-32(4,28)29/h5-13,27H,1-4H3. The molecule has 1 N–H and O–H groups in total. The molecule has 32 heavy (non-hydrogen) atoms. The number of rotatable bonds is 6. The van der Waals surface area contributed by atoms with Crippen LogP contribution in [0.1, 0.15) is 5.69 Å². The number of nitrogens with one attached hydrogen (secondary N) is 1. The van der Waals surface area contributed by atoms with Crippen LogP contribution in [0.2, 0.25) is 0 Å². The number of aryl methyl sites for hydroxylation is 1. The summed E-state index contributed by atoms with van der Waals surface area (Å²) in [6.45, 7) is 1.93. The summed E-state index contributed by atoms with van der Waals surface area (Å²) in [5.74, 6) is 0.939. The molecule has 0 radical (unpaired) electrons. The van der Waals surface area contributed by atoms with Crippen molar-refractivity contribution in [3.05, 3.63) is 60.7 Å². The number of pyridine rings is 1. The van der Waals surface area contributed by atoms with Crippen LogP contribution in [0.3, 0.4) is 0 Å². The van der Waals surface area contributed by atoms with Gasteiger partial charge >= 0.3 is 0 Å². The lowest BCUT2D eigenvalue weighted by Crippen LogP contribution is -2.09. The summed E-state index contributed by atoms with van der Waals surface area (Å²) in [7, 11) is -0.238. The predicted molar refractivity (Wildman–Crippen MR) is 125 cm³/mol. The zero-order chi connectivity index (χ0) is 22.9. The van der Waals surface area contributed by atoms with E-state index in [4.69, 9.17) is 9.47 Å². The summed E-state index contributed by atoms with van der Waals surface area (Å²) in [5, 5.41) is 0.910. The van der Waals surface area contributed by atoms with E-state index in [9.17, 15) is 8.42 Å². The van der Waals surface area contributed by atoms with Gasteiger partial charge in [0.1, 0.15) is 6.33 Å². The van der Waals surface area contributed by atoms with E-state index < -0.39 is 10.0 Å². The highest BCUT2D eigenvalue weighted by Crippen LogP contribution is 2.36. The first-order valence-electron chi connectivity index (χ1n) is 9.71. The predicted octanol–water partition coefficient (Wildman–Crippen LogP) is 4.06. The number of methoxy groups -OCH3 is 2. The average Bonchev–Trinajstić information content (AvgIpc) is 2.78. The first-order valence-corrected chi connectivity index (χ1v) is 11.6. The highest BCUT2D eigenvalue weighted by atomic mass is 32.2. The Morgan fingerprint density at radius 3 is 2.28 bits per heavy atom. The van der Waals surface area contributed by atoms with Crippen LogP contribution in [0.4, 0.5) is 5.69 Å². The fourth-order valence-corrected chi connectivity index (χ4v) is 4.06. The molecule has 0 saturated heterocycles. The number of anilines is 1. The Balaban J connectivity index is 1.89. The smallest absolute Gasteiger partial charge is 0.256 e. The van der Waals surface area contributed by atoms with Crippen molar-refractivity contribution in [2.75, 3.05) is 25.2 Å². The summed E-state index contributed by atoms with van der Waals surface area (Å²) in [6, 6.07) is 13.1. The van der Waals surface area contributed by atoms with E-state index in [1.807, 2.05) is 37.3 Å². The van der Waals surface area contributed by atoms with E-state index in [2.05, 4.69) is 19.7 Å². The summed E-state index contributed by atoms with van der Waals surface area (Å²) in [5.41, 5.74) is 5.69. The van der Waals surface area contributed by atoms with Gasteiger partial charge in [0.2, 0.25) is 10.0 Å². The first-order chi connectivity index (χ1) is 15.3. The van der Waals surface area contributed by atoms with E-state index >= 15 is 0 Å². The van der Waals surface area contributed by atoms with Crippen molar-refractivity contribution in [1.29, 1.82) is 0 Å². The van der Waals surface area contributed by atoms with Crippen LogP contribution in [0.25, 0.3) is 33.2 Å². The Morgan fingerprint density at radius 2 is 1.62 bits per heavy atom. The second kappa shape index (κ2) is 8.43. The molecule has 0 fully saturated rings. The first kappa shape index (κ1) is 21.5. The Bertz CT molecular complexity index is 1400. The monoisotopic (exact) mass is 450 g/mol. The van der Waals surface area contributed by atoms with Crippen molar-refractivity contribution in [3.8, 4) is 33.9 Å². The molecule has 0 aliphatic heterocycles. The molecule has 2 heterocycles. The minimum absolute atomic E-state index is 0.408. The number of aromatic nitrogens is 3. The van der Waals surface area contributed by atoms with Gasteiger partial charge in [0.15, 0.2) is 5.75 Å². The molecule has 0 spiro atoms. The van der Waals surface area contributed by atoms with E-state index in [0.717, 1.165) is 45.1 Å². The van der Waals surface area contributed by atoms with Gasteiger partial charge in [-0.25, -0.2) is 23.4 Å². The Morgan fingerprint density at radius 1 is 0.875 bits per heavy atom. The molecule has 9 heteroatoms. The van der Waals surface area contributed by atoms with Crippen LogP contribution in [0.5, 0.6) is 11.6 Å². The van der Waals surface area contributed by atoms with Crippen LogP contribution in [-0.4, -0.2) is 43.8 Å². The summed E-state index contributed by atoms with van der Waals surface area (Å²) in [6.07, 6.45) is 4.39. The molecule has 2 aromatic carbocycles. The second-order valence-corrected chi connectivity index (χ2v) is 9.01. The molecular weight excluding hydrogens is 428 g/mol. The van der Waals surface area contributed by atoms with Gasteiger partial charge in [-0.15, -0.1) is 0 Å². The zero-order valence-electron chi connectivity index (χ0n) is 18.1. The molecule has 4 aromatic rings. The molecule has 0 amide bonds. The molecule has 4 rings (SSSR count). The molecular formula is C23H22N4O4S. The SMILES string of the molecule is COc1cc(-c2cc(-c3ccc(NS(C)(=O)=O)cc3)c3ncnc(C)c3c2)cnc1OC. The van der Waals surface area contributed by atoms with Gasteiger partial charge in [0.25, 0.3) is 5.88 Å². The van der Waals surface area contributed by atoms with Gasteiger partial charge in [-0.05, 0) is 48.4 Å². The fraction of sp³-hybridized carbons (Fsp3) is 0.174. The molecule has 0 saturated carbocycles. The van der Waals surface area contributed by atoms with E-state index in [-0.39, 0.29) is 0 Å². The third-order valence-electron chi connectivity index (χ3n) is 5.00. The number of ether oxygens (including phenoxy) is 2. The third-order valence-corrected chi connectivity index (χ3v) is 5.61. The van der Waals surface area contributed by atoms with Crippen LogP contribution >= 0.6 is 0 Å². The molecule has 0 aliphatic rings. The Hall–Kier alpha value is -3.72. The quantitative estimate of drug-likeness (QED) is 0.472. The van der Waals surface area contributed by atoms with E-state index in [1.165, 1.54) is 0 Å². The average molecular weight is 451 g/mol. The number of hydrogen-bond donors (Lipinski definition) is 1. The summed E-state index contributed by atoms with van der Waals surface area (Å²) >= 11 is 0. The van der Waals surface area contributed by atoms with Crippen molar-refractivity contribution in [2.24, 2.45) is 0 Å². The van der Waals surface area contributed by atoms with Crippen LogP contribution in [0.15, 0.2) is 55.0 Å². The normalized spacial score (nSPS) is 11.4. The van der Waals surface area contributed by atoms with Crippen molar-refractivity contribution in [3.63, 3.8) is 0 Å². The number of hydrogen-bond acceptors (Lipinski definition) is 7. The largest absolute Gasteiger partial charge is 0.491 e. The van der Waals surface area contributed by atoms with Crippen molar-refractivity contribution in [2.45, 2.75) is 6.92 Å². The summed E-state index contributed by atoms with van der Waals surface area (Å²) < 4.78 is 36.2. The maximum Gasteiger partial charge on any atom is 0.256 e. The fourth-order valence-electron chi connectivity index (χ4n) is 3.50. The highest BCUT2D eigenvalue weighted by Gasteiger charge is 2.14. The minimum atomic E-state index is -3.35. The number of sulfonamides is 1. The van der Waals surface area contributed by atoms with Gasteiger partial charge in [0.05, 0.1) is 26.0 Å². The van der Waals surface area contributed by atoms with Crippen molar-refractivity contribution in [1.82, 2.24) is 15.0 Å². The maximum absolute atomic E-state index is 11.5. The maximum atomic E-state index is 11.5. The topological polar surface area (TPSA) is 103 Å². The molecule has 0 bridgehead atoms. The minimum Gasteiger partial charge on any atom is -0.491 e. The van der Waals surface area contributed by atoms with E-state index in [1.54, 1.807) is 38.9 Å². The van der Waals surface area contributed by atoms with Gasteiger partial charge in [-0.2, -0.15) is 0 Å². The number of nitrogens with zero attached hydrogens (tertiary/aromatic N) is 3. The van der Waals surface area contributed by atoms with E-state index in [0.29, 0.717) is 17.3 Å². The molecule has 164 valence electrons. The number of fused-ring (bicyclic) bond motifs is 1. The van der Waals surface area contributed by atoms with Gasteiger partial charge in [-0.1, -0.05) is 12.1 Å². The second-order valence-electron chi connectivity index (χ2n) is 7.27. The van der Waals surface area contributed by atoms with Crippen molar-refractivity contribution < 1.29 is 17.9 Å². The van der Waals surface area contributed by atoms with Crippen molar-refractivity contribution >= 4 is 26.6 Å². The lowest BCUT2D eigenvalue weighted by atomic mass is 9.95. The third kappa shape index (κ3) is 4.33. The molecule has 0 unspecified atom stereocenters. The van der Waals surface area contributed by atoms with Crippen LogP contribution in [-0.2, 0) is 10.0 Å². The Labute approximate surface area is 186 Å². The lowest BCUT2D eigenvalue weighted by Gasteiger charge is -2.13. The zero-order valence-corrected chi connectivity index (χ0v) is 18.9. The molecule has 8 nitrogen and oxygen atoms in total. The molecule has 0 aliphatic carbocycles. The molecule has 2 aromatic heterocycles. The molecule has 0 atom stereocenters. The van der Waals surface area contributed by atoms with Crippen LogP contribution < -0.4 is 14.2 Å². The Kier molecular flexibility index (Phi) is 5.67.